The van der Waals surface area contributed by atoms with Crippen LogP contribution in [-0.2, 0) is 11.2 Å². The fraction of sp³-hybridized carbons (Fsp3) is 0.688. The monoisotopic (exact) mass is 275 g/mol. The standard InChI is InChI=1S/C16H25N3O/c1(2-11-20-15-8-10-17-12-15)5-14-7-6-13-4-3-9-18-16(13)19-14/h3-4,9,14-15,17H,1-2,5-8,10-12H2,(H,18,19). The van der Waals surface area contributed by atoms with Crippen LogP contribution in [0.3, 0.4) is 0 Å². The van der Waals surface area contributed by atoms with Crippen molar-refractivity contribution in [2.45, 2.75) is 50.7 Å². The average Bonchev–Trinajstić information content (AvgIpc) is 3.00. The normalized spacial score (nSPS) is 25.2. The highest BCUT2D eigenvalue weighted by atomic mass is 16.5. The van der Waals surface area contributed by atoms with Crippen LogP contribution in [0.15, 0.2) is 18.3 Å². The molecular weight excluding hydrogens is 250 g/mol. The third kappa shape index (κ3) is 3.70. The maximum atomic E-state index is 5.85. The van der Waals surface area contributed by atoms with Gasteiger partial charge in [0.05, 0.1) is 6.10 Å². The van der Waals surface area contributed by atoms with E-state index >= 15 is 0 Å². The van der Waals surface area contributed by atoms with Crippen LogP contribution in [0.5, 0.6) is 0 Å². The molecule has 1 aromatic rings. The second-order valence-electron chi connectivity index (χ2n) is 5.87. The minimum absolute atomic E-state index is 0.457. The Labute approximate surface area is 121 Å². The average molecular weight is 275 g/mol. The van der Waals surface area contributed by atoms with Crippen molar-refractivity contribution in [3.05, 3.63) is 23.9 Å². The number of fused-ring (bicyclic) bond motifs is 1. The molecule has 20 heavy (non-hydrogen) atoms. The number of unbranched alkanes of at least 4 members (excludes halogenated alkanes) is 1. The third-order valence-corrected chi connectivity index (χ3v) is 4.31. The van der Waals surface area contributed by atoms with E-state index in [1.807, 2.05) is 12.3 Å². The lowest BCUT2D eigenvalue weighted by atomic mass is 9.97. The summed E-state index contributed by atoms with van der Waals surface area (Å²) < 4.78 is 5.85. The van der Waals surface area contributed by atoms with E-state index in [-0.39, 0.29) is 0 Å². The minimum Gasteiger partial charge on any atom is -0.377 e. The summed E-state index contributed by atoms with van der Waals surface area (Å²) >= 11 is 0. The van der Waals surface area contributed by atoms with Crippen LogP contribution in [0.2, 0.25) is 0 Å². The van der Waals surface area contributed by atoms with Crippen LogP contribution < -0.4 is 10.6 Å². The molecule has 0 aromatic carbocycles. The Hall–Kier alpha value is -1.13. The van der Waals surface area contributed by atoms with Gasteiger partial charge in [-0.25, -0.2) is 4.98 Å². The quantitative estimate of drug-likeness (QED) is 0.782. The predicted octanol–water partition coefficient (Wildman–Crippen LogP) is 2.36. The molecule has 4 nitrogen and oxygen atoms in total. The van der Waals surface area contributed by atoms with Crippen molar-refractivity contribution in [2.75, 3.05) is 25.0 Å². The first kappa shape index (κ1) is 13.8. The first-order valence-electron chi connectivity index (χ1n) is 7.94. The minimum atomic E-state index is 0.457. The van der Waals surface area contributed by atoms with E-state index in [9.17, 15) is 0 Å². The number of hydrogen-bond acceptors (Lipinski definition) is 4. The van der Waals surface area contributed by atoms with E-state index < -0.39 is 0 Å². The SMILES string of the molecule is c1cnc2c(c1)CCC(CCCCOC1CCNC1)N2. The van der Waals surface area contributed by atoms with Gasteiger partial charge in [-0.3, -0.25) is 0 Å². The van der Waals surface area contributed by atoms with E-state index in [1.54, 1.807) is 0 Å². The van der Waals surface area contributed by atoms with Gasteiger partial charge in [0.1, 0.15) is 5.82 Å². The zero-order chi connectivity index (χ0) is 13.6. The largest absolute Gasteiger partial charge is 0.377 e. The number of pyridine rings is 1. The van der Waals surface area contributed by atoms with Crippen molar-refractivity contribution in [3.8, 4) is 0 Å². The number of nitrogens with zero attached hydrogens (tertiary/aromatic N) is 1. The molecule has 0 bridgehead atoms. The summed E-state index contributed by atoms with van der Waals surface area (Å²) in [6.07, 6.45) is 9.52. The molecule has 2 aliphatic rings. The summed E-state index contributed by atoms with van der Waals surface area (Å²) in [6.45, 7) is 3.06. The van der Waals surface area contributed by atoms with Crippen LogP contribution in [0.4, 0.5) is 5.82 Å². The second kappa shape index (κ2) is 7.04. The van der Waals surface area contributed by atoms with E-state index in [0.717, 1.165) is 31.9 Å². The van der Waals surface area contributed by atoms with E-state index in [0.29, 0.717) is 12.1 Å². The molecule has 1 aromatic heterocycles. The molecule has 2 N–H and O–H groups in total. The molecule has 110 valence electrons. The Morgan fingerprint density at radius 3 is 3.20 bits per heavy atom. The fourth-order valence-corrected chi connectivity index (χ4v) is 3.10. The predicted molar refractivity (Wildman–Crippen MR) is 81.0 cm³/mol. The lowest BCUT2D eigenvalue weighted by Crippen LogP contribution is -2.26. The molecule has 0 saturated carbocycles. The second-order valence-corrected chi connectivity index (χ2v) is 5.87. The lowest BCUT2D eigenvalue weighted by molar-refractivity contribution is 0.0640. The molecule has 2 unspecified atom stereocenters. The molecule has 3 heterocycles. The highest BCUT2D eigenvalue weighted by Crippen LogP contribution is 2.24. The van der Waals surface area contributed by atoms with E-state index in [2.05, 4.69) is 21.7 Å². The van der Waals surface area contributed by atoms with Gasteiger partial charge in [-0.15, -0.1) is 0 Å². The van der Waals surface area contributed by atoms with E-state index in [1.165, 1.54) is 37.7 Å². The lowest BCUT2D eigenvalue weighted by Gasteiger charge is -2.26. The van der Waals surface area contributed by atoms with Crippen molar-refractivity contribution in [1.82, 2.24) is 10.3 Å². The van der Waals surface area contributed by atoms with Crippen molar-refractivity contribution in [2.24, 2.45) is 0 Å². The topological polar surface area (TPSA) is 46.2 Å². The highest BCUT2D eigenvalue weighted by Gasteiger charge is 2.18. The number of anilines is 1. The number of aromatic nitrogens is 1. The molecule has 0 radical (unpaired) electrons. The molecule has 2 atom stereocenters. The maximum Gasteiger partial charge on any atom is 0.129 e. The molecule has 1 saturated heterocycles. The van der Waals surface area contributed by atoms with Gasteiger partial charge in [0.2, 0.25) is 0 Å². The number of hydrogen-bond donors (Lipinski definition) is 2. The van der Waals surface area contributed by atoms with Gasteiger partial charge in [0.25, 0.3) is 0 Å². The van der Waals surface area contributed by atoms with Crippen molar-refractivity contribution in [1.29, 1.82) is 0 Å². The number of rotatable bonds is 6. The van der Waals surface area contributed by atoms with Crippen LogP contribution in [0.1, 0.15) is 37.7 Å². The molecule has 0 aliphatic carbocycles. The Morgan fingerprint density at radius 2 is 2.30 bits per heavy atom. The Balaban J connectivity index is 1.31. The molecule has 0 amide bonds. The zero-order valence-electron chi connectivity index (χ0n) is 12.1. The third-order valence-electron chi connectivity index (χ3n) is 4.31. The summed E-state index contributed by atoms with van der Waals surface area (Å²) in [5.74, 6) is 1.09. The highest BCUT2D eigenvalue weighted by molar-refractivity contribution is 5.46. The van der Waals surface area contributed by atoms with Gasteiger partial charge in [0, 0.05) is 25.4 Å². The Kier molecular flexibility index (Phi) is 4.87. The van der Waals surface area contributed by atoms with Crippen LogP contribution >= 0.6 is 0 Å². The zero-order valence-corrected chi connectivity index (χ0v) is 12.1. The van der Waals surface area contributed by atoms with Crippen LogP contribution in [0, 0.1) is 0 Å². The summed E-state index contributed by atoms with van der Waals surface area (Å²) in [5, 5.41) is 6.90. The molecule has 1 fully saturated rings. The van der Waals surface area contributed by atoms with Gasteiger partial charge in [0.15, 0.2) is 0 Å². The number of ether oxygens (including phenoxy) is 1. The fourth-order valence-electron chi connectivity index (χ4n) is 3.10. The van der Waals surface area contributed by atoms with Crippen molar-refractivity contribution < 1.29 is 4.74 Å². The molecule has 4 heteroatoms. The maximum absolute atomic E-state index is 5.85. The Bertz CT molecular complexity index is 418. The smallest absolute Gasteiger partial charge is 0.129 e. The summed E-state index contributed by atoms with van der Waals surface area (Å²) in [7, 11) is 0. The first-order chi connectivity index (χ1) is 9.92. The van der Waals surface area contributed by atoms with Crippen LogP contribution in [-0.4, -0.2) is 36.8 Å². The van der Waals surface area contributed by atoms with E-state index in [4.69, 9.17) is 4.74 Å². The van der Waals surface area contributed by atoms with Crippen molar-refractivity contribution >= 4 is 5.82 Å². The van der Waals surface area contributed by atoms with Gasteiger partial charge in [-0.05, 0) is 56.7 Å². The van der Waals surface area contributed by atoms with Gasteiger partial charge >= 0.3 is 0 Å². The van der Waals surface area contributed by atoms with Gasteiger partial charge in [-0.2, -0.15) is 0 Å². The van der Waals surface area contributed by atoms with Gasteiger partial charge < -0.3 is 15.4 Å². The number of nitrogens with one attached hydrogen (secondary N) is 2. The molecule has 3 rings (SSSR count). The summed E-state index contributed by atoms with van der Waals surface area (Å²) in [4.78, 5) is 4.42. The molecule has 0 spiro atoms. The summed E-state index contributed by atoms with van der Waals surface area (Å²) in [5.41, 5.74) is 1.36. The summed E-state index contributed by atoms with van der Waals surface area (Å²) in [6, 6.07) is 4.79. The Morgan fingerprint density at radius 1 is 1.30 bits per heavy atom. The van der Waals surface area contributed by atoms with Gasteiger partial charge in [-0.1, -0.05) is 6.07 Å². The first-order valence-corrected chi connectivity index (χ1v) is 7.94. The number of aryl methyl sites for hydroxylation is 1. The van der Waals surface area contributed by atoms with Crippen LogP contribution in [0.25, 0.3) is 0 Å². The van der Waals surface area contributed by atoms with Crippen molar-refractivity contribution in [3.63, 3.8) is 0 Å². The molecular formula is C16H25N3O. The molecule has 2 aliphatic heterocycles.